The van der Waals surface area contributed by atoms with Crippen molar-refractivity contribution in [1.29, 1.82) is 0 Å². The first-order chi connectivity index (χ1) is 10.3. The molecule has 114 valence electrons. The van der Waals surface area contributed by atoms with Gasteiger partial charge in [0.15, 0.2) is 15.5 Å². The zero-order chi connectivity index (χ0) is 16.1. The quantitative estimate of drug-likeness (QED) is 0.764. The molecule has 0 aliphatic carbocycles. The van der Waals surface area contributed by atoms with Crippen LogP contribution in [0.2, 0.25) is 0 Å². The number of aryl methyl sites for hydroxylation is 2. The maximum atomic E-state index is 12.0. The Kier molecular flexibility index (Phi) is 3.13. The summed E-state index contributed by atoms with van der Waals surface area (Å²) < 4.78 is 24.6. The van der Waals surface area contributed by atoms with Crippen LogP contribution in [0.3, 0.4) is 0 Å². The van der Waals surface area contributed by atoms with E-state index in [2.05, 4.69) is 15.1 Å². The van der Waals surface area contributed by atoms with Crippen molar-refractivity contribution < 1.29 is 8.42 Å². The molecule has 0 bridgehead atoms. The molecule has 0 fully saturated rings. The zero-order valence-corrected chi connectivity index (χ0v) is 13.1. The fourth-order valence-electron chi connectivity index (χ4n) is 2.31. The Morgan fingerprint density at radius 1 is 1.14 bits per heavy atom. The van der Waals surface area contributed by atoms with Gasteiger partial charge in [-0.1, -0.05) is 0 Å². The molecule has 0 aliphatic heterocycles. The Morgan fingerprint density at radius 3 is 2.36 bits per heavy atom. The lowest BCUT2D eigenvalue weighted by Crippen LogP contribution is -2.10. The van der Waals surface area contributed by atoms with E-state index in [0.29, 0.717) is 28.2 Å². The summed E-state index contributed by atoms with van der Waals surface area (Å²) in [6, 6.07) is 6.29. The zero-order valence-electron chi connectivity index (χ0n) is 12.3. The van der Waals surface area contributed by atoms with E-state index in [1.54, 1.807) is 30.7 Å². The Hall–Kier alpha value is -2.48. The van der Waals surface area contributed by atoms with Crippen LogP contribution in [-0.4, -0.2) is 34.4 Å². The second-order valence-electron chi connectivity index (χ2n) is 5.11. The number of hydrogen-bond acceptors (Lipinski definition) is 5. The van der Waals surface area contributed by atoms with Crippen LogP contribution in [0.25, 0.3) is 16.7 Å². The summed E-state index contributed by atoms with van der Waals surface area (Å²) >= 11 is 0. The molecule has 0 spiro atoms. The molecule has 0 aliphatic rings. The molecule has 1 N–H and O–H groups in total. The average Bonchev–Trinajstić information content (AvgIpc) is 2.75. The van der Waals surface area contributed by atoms with Crippen molar-refractivity contribution in [2.45, 2.75) is 18.7 Å². The smallest absolute Gasteiger partial charge is 0.262 e. The average molecular weight is 318 g/mol. The summed E-state index contributed by atoms with van der Waals surface area (Å²) in [6.45, 7) is 3.43. The molecule has 1 aromatic carbocycles. The van der Waals surface area contributed by atoms with Crippen molar-refractivity contribution in [2.75, 3.05) is 6.26 Å². The van der Waals surface area contributed by atoms with Crippen LogP contribution in [0.5, 0.6) is 0 Å². The minimum absolute atomic E-state index is 0.228. The van der Waals surface area contributed by atoms with Crippen LogP contribution in [-0.2, 0) is 9.84 Å². The molecule has 0 saturated carbocycles. The van der Waals surface area contributed by atoms with Crippen molar-refractivity contribution in [3.63, 3.8) is 0 Å². The van der Waals surface area contributed by atoms with Crippen LogP contribution in [0.1, 0.15) is 11.5 Å². The second kappa shape index (κ2) is 4.77. The molecule has 0 radical (unpaired) electrons. The molecule has 0 amide bonds. The third kappa shape index (κ3) is 2.31. The summed E-state index contributed by atoms with van der Waals surface area (Å²) in [5.74, 6) is 0.492. The van der Waals surface area contributed by atoms with Crippen LogP contribution in [0.4, 0.5) is 0 Å². The number of aromatic nitrogens is 4. The molecular formula is C14H14N4O3S. The second-order valence-corrected chi connectivity index (χ2v) is 7.13. The summed E-state index contributed by atoms with van der Waals surface area (Å²) in [5.41, 5.74) is 1.42. The predicted molar refractivity (Wildman–Crippen MR) is 82.1 cm³/mol. The molecule has 2 aromatic heterocycles. The van der Waals surface area contributed by atoms with E-state index >= 15 is 0 Å². The van der Waals surface area contributed by atoms with Crippen molar-refractivity contribution in [3.05, 3.63) is 46.1 Å². The third-order valence-corrected chi connectivity index (χ3v) is 4.47. The number of H-pyrrole nitrogens is 1. The number of aromatic amines is 1. The molecular weight excluding hydrogens is 304 g/mol. The number of sulfone groups is 1. The van der Waals surface area contributed by atoms with E-state index in [9.17, 15) is 13.2 Å². The summed E-state index contributed by atoms with van der Waals surface area (Å²) in [6.07, 6.45) is 1.15. The van der Waals surface area contributed by atoms with Gasteiger partial charge >= 0.3 is 0 Å². The monoisotopic (exact) mass is 318 g/mol. The highest BCUT2D eigenvalue weighted by Crippen LogP contribution is 2.19. The first kappa shape index (κ1) is 14.5. The largest absolute Gasteiger partial charge is 0.310 e. The third-order valence-electron chi connectivity index (χ3n) is 3.34. The van der Waals surface area contributed by atoms with E-state index in [1.807, 2.05) is 0 Å². The van der Waals surface area contributed by atoms with Gasteiger partial charge in [-0.25, -0.2) is 18.1 Å². The molecule has 7 nitrogen and oxygen atoms in total. The van der Waals surface area contributed by atoms with Gasteiger partial charge < -0.3 is 4.98 Å². The molecule has 0 unspecified atom stereocenters. The Labute approximate surface area is 126 Å². The maximum Gasteiger partial charge on any atom is 0.262 e. The van der Waals surface area contributed by atoms with E-state index in [0.717, 1.165) is 6.26 Å². The van der Waals surface area contributed by atoms with Gasteiger partial charge in [0.1, 0.15) is 11.2 Å². The molecule has 8 heteroatoms. The number of hydrogen-bond donors (Lipinski definition) is 1. The van der Waals surface area contributed by atoms with Crippen molar-refractivity contribution >= 4 is 20.9 Å². The highest BCUT2D eigenvalue weighted by atomic mass is 32.2. The first-order valence-electron chi connectivity index (χ1n) is 6.54. The van der Waals surface area contributed by atoms with Gasteiger partial charge in [-0.05, 0) is 38.1 Å². The highest BCUT2D eigenvalue weighted by molar-refractivity contribution is 7.90. The molecule has 2 heterocycles. The van der Waals surface area contributed by atoms with Crippen molar-refractivity contribution in [2.24, 2.45) is 0 Å². The first-order valence-corrected chi connectivity index (χ1v) is 8.43. The summed E-state index contributed by atoms with van der Waals surface area (Å²) in [7, 11) is -3.25. The van der Waals surface area contributed by atoms with Crippen LogP contribution in [0, 0.1) is 13.8 Å². The maximum absolute atomic E-state index is 12.0. The molecule has 3 aromatic rings. The standard InChI is InChI=1S/C14H14N4O3S/c1-8-12-13(15-9(2)16-14(12)19)18(17-8)10-4-6-11(7-5-10)22(3,20)21/h4-7H,1-3H3,(H,15,16,19). The van der Waals surface area contributed by atoms with E-state index < -0.39 is 9.84 Å². The van der Waals surface area contributed by atoms with Crippen molar-refractivity contribution in [1.82, 2.24) is 19.7 Å². The van der Waals surface area contributed by atoms with Crippen LogP contribution < -0.4 is 5.56 Å². The minimum Gasteiger partial charge on any atom is -0.310 e. The number of nitrogens with one attached hydrogen (secondary N) is 1. The molecule has 0 atom stereocenters. The predicted octanol–water partition coefficient (Wildman–Crippen LogP) is 1.13. The lowest BCUT2D eigenvalue weighted by atomic mass is 10.3. The van der Waals surface area contributed by atoms with Gasteiger partial charge in [-0.2, -0.15) is 5.10 Å². The van der Waals surface area contributed by atoms with E-state index in [-0.39, 0.29) is 10.5 Å². The minimum atomic E-state index is -3.25. The Morgan fingerprint density at radius 2 is 1.77 bits per heavy atom. The number of fused-ring (bicyclic) bond motifs is 1. The summed E-state index contributed by atoms with van der Waals surface area (Å²) in [4.78, 5) is 19.2. The molecule has 22 heavy (non-hydrogen) atoms. The summed E-state index contributed by atoms with van der Waals surface area (Å²) in [5, 5.41) is 4.77. The SMILES string of the molecule is Cc1nc2c(c(C)nn2-c2ccc(S(C)(=O)=O)cc2)c(=O)[nH]1. The molecule has 0 saturated heterocycles. The van der Waals surface area contributed by atoms with Gasteiger partial charge in [0, 0.05) is 6.26 Å². The van der Waals surface area contributed by atoms with E-state index in [4.69, 9.17) is 0 Å². The number of nitrogens with zero attached hydrogens (tertiary/aromatic N) is 3. The lowest BCUT2D eigenvalue weighted by molar-refractivity contribution is 0.602. The Balaban J connectivity index is 2.25. The highest BCUT2D eigenvalue weighted by Gasteiger charge is 2.15. The van der Waals surface area contributed by atoms with Crippen molar-refractivity contribution in [3.8, 4) is 5.69 Å². The fraction of sp³-hybridized carbons (Fsp3) is 0.214. The lowest BCUT2D eigenvalue weighted by Gasteiger charge is -2.04. The number of rotatable bonds is 2. The fourth-order valence-corrected chi connectivity index (χ4v) is 2.94. The topological polar surface area (TPSA) is 97.7 Å². The van der Waals surface area contributed by atoms with Crippen LogP contribution >= 0.6 is 0 Å². The van der Waals surface area contributed by atoms with Gasteiger partial charge in [0.25, 0.3) is 5.56 Å². The van der Waals surface area contributed by atoms with Gasteiger partial charge in [0.2, 0.25) is 0 Å². The Bertz CT molecular complexity index is 1030. The van der Waals surface area contributed by atoms with Gasteiger partial charge in [0.05, 0.1) is 16.3 Å². The number of benzene rings is 1. The van der Waals surface area contributed by atoms with Gasteiger partial charge in [-0.15, -0.1) is 0 Å². The van der Waals surface area contributed by atoms with E-state index in [1.165, 1.54) is 12.1 Å². The molecule has 3 rings (SSSR count). The van der Waals surface area contributed by atoms with Crippen LogP contribution in [0.15, 0.2) is 34.0 Å². The normalized spacial score (nSPS) is 12.0. The van der Waals surface area contributed by atoms with Gasteiger partial charge in [-0.3, -0.25) is 4.79 Å².